The minimum atomic E-state index is -0.0682. The lowest BCUT2D eigenvalue weighted by molar-refractivity contribution is 0.457. The molecule has 2 aromatic heterocycles. The van der Waals surface area contributed by atoms with Gasteiger partial charge in [0, 0.05) is 57.3 Å². The molecule has 13 rings (SSSR count). The van der Waals surface area contributed by atoms with Crippen molar-refractivity contribution in [1.29, 1.82) is 0 Å². The summed E-state index contributed by atoms with van der Waals surface area (Å²) in [5.74, 6) is 6.88. The molecular weight excluding hydrogens is 654 g/mol. The first kappa shape index (κ1) is 26.2. The number of hydrogen-bond acceptors (Lipinski definition) is 6. The molecule has 0 atom stereocenters. The largest absolute Gasteiger partial charge is 0.458 e. The quantitative estimate of drug-likeness (QED) is 0.154. The molecule has 4 nitrogen and oxygen atoms in total. The van der Waals surface area contributed by atoms with Gasteiger partial charge in [0.15, 0.2) is 0 Å². The Balaban J connectivity index is 1.12. The van der Waals surface area contributed by atoms with Crippen molar-refractivity contribution >= 4 is 109 Å². The van der Waals surface area contributed by atoms with Crippen LogP contribution in [0.2, 0.25) is 0 Å². The molecule has 0 spiro atoms. The van der Waals surface area contributed by atoms with Crippen LogP contribution in [0.25, 0.3) is 40.3 Å². The van der Waals surface area contributed by atoms with Gasteiger partial charge in [-0.3, -0.25) is 0 Å². The highest BCUT2D eigenvalue weighted by Gasteiger charge is 2.46. The van der Waals surface area contributed by atoms with Crippen molar-refractivity contribution in [1.82, 2.24) is 0 Å². The molecule has 0 amide bonds. The molecule has 0 unspecified atom stereocenters. The third-order valence-corrected chi connectivity index (χ3v) is 13.1. The molecule has 0 saturated heterocycles. The highest BCUT2D eigenvalue weighted by Crippen LogP contribution is 2.49. The molecule has 0 aliphatic carbocycles. The molecule has 8 heteroatoms. The van der Waals surface area contributed by atoms with Gasteiger partial charge in [-0.15, -0.1) is 22.7 Å². The average molecular weight is 674 g/mol. The van der Waals surface area contributed by atoms with Crippen LogP contribution < -0.4 is 51.7 Å². The molecule has 7 aromatic carbocycles. The zero-order valence-corrected chi connectivity index (χ0v) is 27.8. The minimum Gasteiger partial charge on any atom is -0.458 e. The monoisotopic (exact) mass is 674 g/mol. The van der Waals surface area contributed by atoms with Crippen LogP contribution in [-0.4, -0.2) is 13.4 Å². The van der Waals surface area contributed by atoms with Crippen molar-refractivity contribution < 1.29 is 18.9 Å². The van der Waals surface area contributed by atoms with E-state index in [1.807, 2.05) is 0 Å². The van der Waals surface area contributed by atoms with Gasteiger partial charge in [0.1, 0.15) is 46.0 Å². The summed E-state index contributed by atoms with van der Waals surface area (Å²) < 4.78 is 32.3. The highest BCUT2D eigenvalue weighted by molar-refractivity contribution is 7.26. The molecule has 4 aliphatic rings. The molecule has 230 valence electrons. The Hall–Kier alpha value is -5.69. The lowest BCUT2D eigenvalue weighted by Gasteiger charge is -2.37. The summed E-state index contributed by atoms with van der Waals surface area (Å²) in [5.41, 5.74) is 6.69. The Morgan fingerprint density at radius 3 is 1.34 bits per heavy atom. The Kier molecular flexibility index (Phi) is 4.77. The Labute approximate surface area is 294 Å². The van der Waals surface area contributed by atoms with Crippen LogP contribution in [-0.2, 0) is 0 Å². The molecule has 0 bridgehead atoms. The summed E-state index contributed by atoms with van der Waals surface area (Å²) in [6.45, 7) is -0.136. The summed E-state index contributed by atoms with van der Waals surface area (Å²) >= 11 is 3.56. The van der Waals surface area contributed by atoms with Gasteiger partial charge in [-0.05, 0) is 58.2 Å². The van der Waals surface area contributed by atoms with Gasteiger partial charge in [0.05, 0.1) is 0 Å². The minimum absolute atomic E-state index is 0.0682. The fourth-order valence-electron chi connectivity index (χ4n) is 8.88. The summed E-state index contributed by atoms with van der Waals surface area (Å²) in [6, 6.07) is 43.0. The molecular formula is C42H20B2O4S2. The van der Waals surface area contributed by atoms with Crippen molar-refractivity contribution in [2.45, 2.75) is 0 Å². The van der Waals surface area contributed by atoms with Crippen molar-refractivity contribution in [3.63, 3.8) is 0 Å². The van der Waals surface area contributed by atoms with E-state index in [1.165, 1.54) is 20.2 Å². The van der Waals surface area contributed by atoms with Crippen LogP contribution in [0.15, 0.2) is 121 Å². The summed E-state index contributed by atoms with van der Waals surface area (Å²) in [4.78, 5) is 0. The second kappa shape index (κ2) is 9.10. The third kappa shape index (κ3) is 3.20. The van der Waals surface area contributed by atoms with Gasteiger partial charge in [0.2, 0.25) is 0 Å². The van der Waals surface area contributed by atoms with E-state index in [1.54, 1.807) is 22.7 Å². The molecule has 0 N–H and O–H groups in total. The number of hydrogen-bond donors (Lipinski definition) is 0. The van der Waals surface area contributed by atoms with E-state index >= 15 is 0 Å². The first-order chi connectivity index (χ1) is 24.8. The fraction of sp³-hybridized carbons (Fsp3) is 0. The number of rotatable bonds is 0. The zero-order chi connectivity index (χ0) is 32.2. The van der Waals surface area contributed by atoms with Crippen LogP contribution in [0.3, 0.4) is 0 Å². The number of para-hydroxylation sites is 2. The summed E-state index contributed by atoms with van der Waals surface area (Å²) in [5, 5.41) is 4.68. The number of thiophene rings is 2. The van der Waals surface area contributed by atoms with Crippen LogP contribution in [0.5, 0.6) is 46.0 Å². The zero-order valence-electron chi connectivity index (χ0n) is 26.2. The lowest BCUT2D eigenvalue weighted by atomic mass is 9.31. The van der Waals surface area contributed by atoms with Crippen LogP contribution in [0, 0.1) is 0 Å². The maximum atomic E-state index is 7.12. The van der Waals surface area contributed by atoms with E-state index < -0.39 is 0 Å². The smallest absolute Gasteiger partial charge is 0.260 e. The number of ether oxygens (including phenoxy) is 4. The van der Waals surface area contributed by atoms with Gasteiger partial charge in [-0.25, -0.2) is 0 Å². The van der Waals surface area contributed by atoms with E-state index in [0.717, 1.165) is 98.9 Å². The van der Waals surface area contributed by atoms with E-state index in [-0.39, 0.29) is 13.4 Å². The SMILES string of the molecule is c1ccc2c(c1)Oc1cc3sc4ccccc4c3c3c1B2c1cc2c(cc1O3)Oc1c3c(cc4sc5ccccc5c14)Oc1ccccc1B23. The number of benzene rings is 7. The maximum Gasteiger partial charge on any atom is 0.260 e. The Bertz CT molecular complexity index is 2830. The first-order valence-corrected chi connectivity index (χ1v) is 18.4. The second-order valence-corrected chi connectivity index (χ2v) is 15.6. The van der Waals surface area contributed by atoms with Gasteiger partial charge in [0.25, 0.3) is 13.4 Å². The summed E-state index contributed by atoms with van der Waals surface area (Å²) in [7, 11) is 0. The van der Waals surface area contributed by atoms with E-state index in [2.05, 4.69) is 121 Å². The van der Waals surface area contributed by atoms with Gasteiger partial charge < -0.3 is 18.9 Å². The third-order valence-electron chi connectivity index (χ3n) is 10.9. The van der Waals surface area contributed by atoms with Crippen LogP contribution in [0.1, 0.15) is 0 Å². The normalized spacial score (nSPS) is 14.2. The van der Waals surface area contributed by atoms with Gasteiger partial charge >= 0.3 is 0 Å². The molecule has 0 fully saturated rings. The molecule has 50 heavy (non-hydrogen) atoms. The standard InChI is InChI=1S/C42H20B2O4S2/c1-7-15-33-21(9-1)37-35(49-33)19-31-39-41(37)47-29-18-30-26(17-25(29)43(39)23-11-3-5-13-27(23)45-31)44-24-12-4-6-14-28(24)46-32-20-36-38(42(48-30)40(32)44)22-10-2-8-16-34(22)50-36/h1-20H. The van der Waals surface area contributed by atoms with Crippen LogP contribution >= 0.6 is 22.7 Å². The summed E-state index contributed by atoms with van der Waals surface area (Å²) in [6.07, 6.45) is 0. The first-order valence-electron chi connectivity index (χ1n) is 16.8. The van der Waals surface area contributed by atoms with Crippen molar-refractivity contribution in [2.75, 3.05) is 0 Å². The van der Waals surface area contributed by atoms with Crippen molar-refractivity contribution in [2.24, 2.45) is 0 Å². The molecule has 4 aliphatic heterocycles. The maximum absolute atomic E-state index is 7.12. The van der Waals surface area contributed by atoms with E-state index in [9.17, 15) is 0 Å². The number of fused-ring (bicyclic) bond motifs is 16. The average Bonchev–Trinajstić information content (AvgIpc) is 3.72. The predicted molar refractivity (Wildman–Crippen MR) is 208 cm³/mol. The topological polar surface area (TPSA) is 36.9 Å². The fourth-order valence-corrected chi connectivity index (χ4v) is 11.1. The molecule has 0 saturated carbocycles. The van der Waals surface area contributed by atoms with Crippen molar-refractivity contribution in [3.8, 4) is 46.0 Å². The molecule has 9 aromatic rings. The van der Waals surface area contributed by atoms with Crippen molar-refractivity contribution in [3.05, 3.63) is 121 Å². The second-order valence-electron chi connectivity index (χ2n) is 13.5. The van der Waals surface area contributed by atoms with E-state index in [0.29, 0.717) is 0 Å². The Morgan fingerprint density at radius 1 is 0.360 bits per heavy atom. The van der Waals surface area contributed by atoms with E-state index in [4.69, 9.17) is 18.9 Å². The van der Waals surface area contributed by atoms with Gasteiger partial charge in [-0.1, -0.05) is 78.9 Å². The lowest BCUT2D eigenvalue weighted by Crippen LogP contribution is -2.61. The molecule has 6 heterocycles. The predicted octanol–water partition coefficient (Wildman–Crippen LogP) is 7.88. The van der Waals surface area contributed by atoms with Crippen LogP contribution in [0.4, 0.5) is 0 Å². The molecule has 0 radical (unpaired) electrons. The highest BCUT2D eigenvalue weighted by atomic mass is 32.1. The van der Waals surface area contributed by atoms with Gasteiger partial charge in [-0.2, -0.15) is 0 Å². The Morgan fingerprint density at radius 2 is 0.820 bits per heavy atom.